The summed E-state index contributed by atoms with van der Waals surface area (Å²) in [6.45, 7) is 10.2. The third-order valence-electron chi connectivity index (χ3n) is 5.08. The second-order valence-corrected chi connectivity index (χ2v) is 7.86. The zero-order chi connectivity index (χ0) is 13.1. The number of hydrogen-bond donors (Lipinski definition) is 1. The van der Waals surface area contributed by atoms with Gasteiger partial charge in [0.1, 0.15) is 0 Å². The van der Waals surface area contributed by atoms with Crippen LogP contribution >= 0.6 is 11.8 Å². The minimum absolute atomic E-state index is 0.767. The van der Waals surface area contributed by atoms with Crippen molar-refractivity contribution in [3.63, 3.8) is 0 Å². The Bertz CT molecular complexity index is 281. The summed E-state index contributed by atoms with van der Waals surface area (Å²) in [4.78, 5) is 5.47. The van der Waals surface area contributed by atoms with E-state index >= 15 is 0 Å². The first-order valence-electron chi connectivity index (χ1n) is 8.13. The van der Waals surface area contributed by atoms with E-state index < -0.39 is 0 Å². The van der Waals surface area contributed by atoms with Gasteiger partial charge in [0.15, 0.2) is 0 Å². The number of fused-ring (bicyclic) bond motifs is 1. The fourth-order valence-electron chi connectivity index (χ4n) is 3.86. The molecule has 3 nitrogen and oxygen atoms in total. The van der Waals surface area contributed by atoms with Crippen LogP contribution in [-0.4, -0.2) is 72.2 Å². The number of nitrogens with zero attached hydrogens (tertiary/aromatic N) is 2. The average Bonchev–Trinajstić information content (AvgIpc) is 2.87. The van der Waals surface area contributed by atoms with E-state index in [0.29, 0.717) is 0 Å². The lowest BCUT2D eigenvalue weighted by Crippen LogP contribution is -2.55. The van der Waals surface area contributed by atoms with Gasteiger partial charge in [-0.1, -0.05) is 0 Å². The lowest BCUT2D eigenvalue weighted by Gasteiger charge is -2.42. The van der Waals surface area contributed by atoms with E-state index in [0.717, 1.165) is 17.3 Å². The van der Waals surface area contributed by atoms with Crippen LogP contribution in [0.3, 0.4) is 0 Å². The molecule has 0 amide bonds. The van der Waals surface area contributed by atoms with Crippen LogP contribution in [0.1, 0.15) is 32.6 Å². The fourth-order valence-corrected chi connectivity index (χ4v) is 5.10. The van der Waals surface area contributed by atoms with Gasteiger partial charge < -0.3 is 5.32 Å². The molecule has 3 aliphatic heterocycles. The lowest BCUT2D eigenvalue weighted by atomic mass is 10.1. The maximum absolute atomic E-state index is 3.46. The topological polar surface area (TPSA) is 18.5 Å². The van der Waals surface area contributed by atoms with E-state index in [1.807, 2.05) is 0 Å². The molecule has 19 heavy (non-hydrogen) atoms. The van der Waals surface area contributed by atoms with Gasteiger partial charge in [0.25, 0.3) is 0 Å². The third kappa shape index (κ3) is 3.66. The highest BCUT2D eigenvalue weighted by Crippen LogP contribution is 2.25. The minimum atomic E-state index is 0.767. The van der Waals surface area contributed by atoms with Gasteiger partial charge in [-0.25, -0.2) is 0 Å². The Balaban J connectivity index is 1.39. The van der Waals surface area contributed by atoms with E-state index in [-0.39, 0.29) is 0 Å². The summed E-state index contributed by atoms with van der Waals surface area (Å²) in [6, 6.07) is 1.64. The Hall–Kier alpha value is 0.230. The number of thioether (sulfide) groups is 1. The Kier molecular flexibility index (Phi) is 5.07. The highest BCUT2D eigenvalue weighted by Gasteiger charge is 2.33. The molecule has 0 aliphatic carbocycles. The maximum Gasteiger partial charge on any atom is 0.0224 e. The molecule has 4 heteroatoms. The first kappa shape index (κ1) is 14.2. The zero-order valence-electron chi connectivity index (χ0n) is 12.3. The Morgan fingerprint density at radius 3 is 2.84 bits per heavy atom. The predicted molar refractivity (Wildman–Crippen MR) is 84.0 cm³/mol. The number of piperazine rings is 1. The third-order valence-corrected chi connectivity index (χ3v) is 6.45. The lowest BCUT2D eigenvalue weighted by molar-refractivity contribution is 0.0645. The van der Waals surface area contributed by atoms with Crippen LogP contribution in [0, 0.1) is 0 Å². The van der Waals surface area contributed by atoms with Crippen molar-refractivity contribution < 1.29 is 0 Å². The standard InChI is InChI=1S/C15H29N3S/c1-13-11-18-8-2-3-14(18)12-17(13)9-10-19-15-4-6-16-7-5-15/h13-16H,2-12H2,1H3. The Morgan fingerprint density at radius 1 is 1.16 bits per heavy atom. The molecule has 0 bridgehead atoms. The van der Waals surface area contributed by atoms with Crippen molar-refractivity contribution in [2.75, 3.05) is 45.0 Å². The maximum atomic E-state index is 3.46. The van der Waals surface area contributed by atoms with Crippen molar-refractivity contribution in [3.8, 4) is 0 Å². The zero-order valence-corrected chi connectivity index (χ0v) is 13.1. The van der Waals surface area contributed by atoms with E-state index in [1.165, 1.54) is 70.7 Å². The highest BCUT2D eigenvalue weighted by atomic mass is 32.2. The number of nitrogens with one attached hydrogen (secondary N) is 1. The molecule has 3 rings (SSSR count). The molecular formula is C15H29N3S. The van der Waals surface area contributed by atoms with Gasteiger partial charge in [0.2, 0.25) is 0 Å². The largest absolute Gasteiger partial charge is 0.317 e. The molecule has 2 atom stereocenters. The summed E-state index contributed by atoms with van der Waals surface area (Å²) in [5.74, 6) is 1.34. The van der Waals surface area contributed by atoms with Crippen molar-refractivity contribution in [1.82, 2.24) is 15.1 Å². The molecule has 0 saturated carbocycles. The highest BCUT2D eigenvalue weighted by molar-refractivity contribution is 7.99. The Morgan fingerprint density at radius 2 is 2.00 bits per heavy atom. The van der Waals surface area contributed by atoms with Crippen LogP contribution < -0.4 is 5.32 Å². The van der Waals surface area contributed by atoms with Crippen molar-refractivity contribution >= 4 is 11.8 Å². The van der Waals surface area contributed by atoms with Crippen LogP contribution in [0.25, 0.3) is 0 Å². The van der Waals surface area contributed by atoms with Crippen molar-refractivity contribution in [1.29, 1.82) is 0 Å². The van der Waals surface area contributed by atoms with Gasteiger partial charge in [0.05, 0.1) is 0 Å². The van der Waals surface area contributed by atoms with Crippen LogP contribution in [0.2, 0.25) is 0 Å². The van der Waals surface area contributed by atoms with Crippen LogP contribution in [-0.2, 0) is 0 Å². The number of hydrogen-bond acceptors (Lipinski definition) is 4. The molecule has 0 aromatic carbocycles. The smallest absolute Gasteiger partial charge is 0.0224 e. The molecule has 0 aromatic heterocycles. The minimum Gasteiger partial charge on any atom is -0.317 e. The Labute approximate surface area is 122 Å². The molecule has 3 aliphatic rings. The summed E-state index contributed by atoms with van der Waals surface area (Å²) in [5, 5.41) is 4.38. The first-order valence-corrected chi connectivity index (χ1v) is 9.18. The van der Waals surface area contributed by atoms with E-state index in [9.17, 15) is 0 Å². The second kappa shape index (κ2) is 6.79. The molecule has 0 aromatic rings. The fraction of sp³-hybridized carbons (Fsp3) is 1.00. The van der Waals surface area contributed by atoms with Crippen molar-refractivity contribution in [2.24, 2.45) is 0 Å². The van der Waals surface area contributed by atoms with Crippen LogP contribution in [0.5, 0.6) is 0 Å². The van der Waals surface area contributed by atoms with E-state index in [2.05, 4.69) is 33.8 Å². The summed E-state index contributed by atoms with van der Waals surface area (Å²) in [6.07, 6.45) is 5.60. The molecule has 0 spiro atoms. The number of rotatable bonds is 4. The molecule has 2 unspecified atom stereocenters. The molecular weight excluding hydrogens is 254 g/mol. The summed E-state index contributed by atoms with van der Waals surface area (Å²) < 4.78 is 0. The van der Waals surface area contributed by atoms with Gasteiger partial charge in [0, 0.05) is 42.7 Å². The summed E-state index contributed by atoms with van der Waals surface area (Å²) in [7, 11) is 0. The van der Waals surface area contributed by atoms with Crippen LogP contribution in [0.15, 0.2) is 0 Å². The van der Waals surface area contributed by atoms with Crippen molar-refractivity contribution in [3.05, 3.63) is 0 Å². The molecule has 3 fully saturated rings. The molecule has 0 radical (unpaired) electrons. The van der Waals surface area contributed by atoms with Crippen LogP contribution in [0.4, 0.5) is 0 Å². The number of piperidine rings is 1. The predicted octanol–water partition coefficient (Wildman–Crippen LogP) is 1.64. The summed E-state index contributed by atoms with van der Waals surface area (Å²) >= 11 is 2.22. The molecule has 1 N–H and O–H groups in total. The normalized spacial score (nSPS) is 34.6. The quantitative estimate of drug-likeness (QED) is 0.845. The van der Waals surface area contributed by atoms with Crippen molar-refractivity contribution in [2.45, 2.75) is 49.9 Å². The monoisotopic (exact) mass is 283 g/mol. The molecule has 3 saturated heterocycles. The summed E-state index contributed by atoms with van der Waals surface area (Å²) in [5.41, 5.74) is 0. The second-order valence-electron chi connectivity index (χ2n) is 6.46. The van der Waals surface area contributed by atoms with Gasteiger partial charge in [-0.05, 0) is 52.2 Å². The first-order chi connectivity index (χ1) is 9.33. The average molecular weight is 283 g/mol. The van der Waals surface area contributed by atoms with Gasteiger partial charge in [-0.2, -0.15) is 11.8 Å². The van der Waals surface area contributed by atoms with E-state index in [1.54, 1.807) is 0 Å². The SMILES string of the molecule is CC1CN2CCCC2CN1CCSC1CCNCC1. The van der Waals surface area contributed by atoms with Gasteiger partial charge in [-0.3, -0.25) is 9.80 Å². The van der Waals surface area contributed by atoms with Gasteiger partial charge in [-0.15, -0.1) is 0 Å². The molecule has 110 valence electrons. The molecule has 3 heterocycles. The van der Waals surface area contributed by atoms with Gasteiger partial charge >= 0.3 is 0 Å². The van der Waals surface area contributed by atoms with E-state index in [4.69, 9.17) is 0 Å².